The zero-order valence-corrected chi connectivity index (χ0v) is 13.7. The zero-order valence-electron chi connectivity index (χ0n) is 11.4. The lowest BCUT2D eigenvalue weighted by Crippen LogP contribution is -1.95. The molecule has 0 aromatic heterocycles. The summed E-state index contributed by atoms with van der Waals surface area (Å²) in [5.74, 6) is -0.312. The van der Waals surface area contributed by atoms with E-state index in [0.29, 0.717) is 5.02 Å². The lowest BCUT2D eigenvalue weighted by molar-refractivity contribution is 0.627. The van der Waals surface area contributed by atoms with Gasteiger partial charge in [0.25, 0.3) is 0 Å². The molecule has 2 aromatic carbocycles. The predicted molar refractivity (Wildman–Crippen MR) is 87.2 cm³/mol. The summed E-state index contributed by atoms with van der Waals surface area (Å²) in [5.41, 5.74) is 3.36. The Hall–Kier alpha value is -0.860. The topological polar surface area (TPSA) is 0 Å². The second-order valence-electron chi connectivity index (χ2n) is 4.87. The standard InChI is InChI=1S/C17H17BrClF/c1-2-3-4-12-5-7-13(8-6-12)17(18)15-10-9-14(20)11-16(15)19/h5-11,17H,2-4H2,1H3. The molecular formula is C17H17BrClF. The maximum atomic E-state index is 13.1. The van der Waals surface area contributed by atoms with E-state index >= 15 is 0 Å². The maximum absolute atomic E-state index is 13.1. The fourth-order valence-corrected chi connectivity index (χ4v) is 3.23. The van der Waals surface area contributed by atoms with Crippen LogP contribution in [0, 0.1) is 5.82 Å². The van der Waals surface area contributed by atoms with E-state index in [-0.39, 0.29) is 10.6 Å². The molecule has 106 valence electrons. The molecule has 20 heavy (non-hydrogen) atoms. The van der Waals surface area contributed by atoms with Gasteiger partial charge in [0.15, 0.2) is 0 Å². The molecule has 0 spiro atoms. The van der Waals surface area contributed by atoms with E-state index in [1.54, 1.807) is 6.07 Å². The summed E-state index contributed by atoms with van der Waals surface area (Å²) in [5, 5.41) is 0.446. The third-order valence-electron chi connectivity index (χ3n) is 3.33. The highest BCUT2D eigenvalue weighted by molar-refractivity contribution is 9.09. The number of hydrogen-bond acceptors (Lipinski definition) is 0. The number of unbranched alkanes of at least 4 members (excludes halogenated alkanes) is 1. The molecule has 0 aliphatic rings. The molecule has 1 atom stereocenters. The van der Waals surface area contributed by atoms with Crippen molar-refractivity contribution in [1.82, 2.24) is 0 Å². The van der Waals surface area contributed by atoms with Crippen molar-refractivity contribution in [2.45, 2.75) is 31.0 Å². The van der Waals surface area contributed by atoms with Crippen molar-refractivity contribution >= 4 is 27.5 Å². The van der Waals surface area contributed by atoms with E-state index in [0.717, 1.165) is 17.5 Å². The third-order valence-corrected chi connectivity index (χ3v) is 4.68. The van der Waals surface area contributed by atoms with E-state index in [1.807, 2.05) is 0 Å². The number of alkyl halides is 1. The largest absolute Gasteiger partial charge is 0.207 e. The lowest BCUT2D eigenvalue weighted by Gasteiger charge is -2.13. The average molecular weight is 356 g/mol. The molecule has 0 nitrogen and oxygen atoms in total. The van der Waals surface area contributed by atoms with Gasteiger partial charge in [0.05, 0.1) is 4.83 Å². The van der Waals surface area contributed by atoms with Gasteiger partial charge in [-0.1, -0.05) is 71.2 Å². The first-order chi connectivity index (χ1) is 9.61. The highest BCUT2D eigenvalue weighted by Crippen LogP contribution is 2.35. The summed E-state index contributed by atoms with van der Waals surface area (Å²) in [4.78, 5) is -0.0178. The van der Waals surface area contributed by atoms with E-state index in [4.69, 9.17) is 11.6 Å². The van der Waals surface area contributed by atoms with Gasteiger partial charge >= 0.3 is 0 Å². The Labute approximate surface area is 133 Å². The minimum atomic E-state index is -0.312. The Bertz CT molecular complexity index is 566. The van der Waals surface area contributed by atoms with E-state index in [9.17, 15) is 4.39 Å². The Balaban J connectivity index is 2.18. The molecule has 0 aliphatic heterocycles. The Morgan fingerprint density at radius 2 is 1.85 bits per heavy atom. The highest BCUT2D eigenvalue weighted by atomic mass is 79.9. The molecule has 0 radical (unpaired) electrons. The molecular weight excluding hydrogens is 339 g/mol. The predicted octanol–water partition coefficient (Wildman–Crippen LogP) is 6.31. The number of hydrogen-bond donors (Lipinski definition) is 0. The van der Waals surface area contributed by atoms with Crippen LogP contribution in [0.2, 0.25) is 5.02 Å². The fraction of sp³-hybridized carbons (Fsp3) is 0.294. The van der Waals surface area contributed by atoms with Gasteiger partial charge in [0, 0.05) is 5.02 Å². The number of halogens is 3. The van der Waals surface area contributed by atoms with Crippen LogP contribution < -0.4 is 0 Å². The van der Waals surface area contributed by atoms with Crippen LogP contribution in [-0.4, -0.2) is 0 Å². The van der Waals surface area contributed by atoms with Gasteiger partial charge in [-0.25, -0.2) is 4.39 Å². The van der Waals surface area contributed by atoms with Crippen LogP contribution in [0.5, 0.6) is 0 Å². The first-order valence-electron chi connectivity index (χ1n) is 6.79. The fourth-order valence-electron chi connectivity index (χ4n) is 2.12. The monoisotopic (exact) mass is 354 g/mol. The number of aryl methyl sites for hydroxylation is 1. The quantitative estimate of drug-likeness (QED) is 0.552. The molecule has 0 N–H and O–H groups in total. The van der Waals surface area contributed by atoms with Crippen LogP contribution in [0.15, 0.2) is 42.5 Å². The lowest BCUT2D eigenvalue weighted by atomic mass is 10.0. The van der Waals surface area contributed by atoms with Crippen molar-refractivity contribution in [2.75, 3.05) is 0 Å². The van der Waals surface area contributed by atoms with Crippen molar-refractivity contribution in [3.8, 4) is 0 Å². The molecule has 0 amide bonds. The first kappa shape index (κ1) is 15.5. The average Bonchev–Trinajstić information content (AvgIpc) is 2.45. The van der Waals surface area contributed by atoms with Crippen LogP contribution in [-0.2, 0) is 6.42 Å². The first-order valence-corrected chi connectivity index (χ1v) is 8.09. The van der Waals surface area contributed by atoms with Crippen LogP contribution >= 0.6 is 27.5 Å². The summed E-state index contributed by atoms with van der Waals surface area (Å²) in [6, 6.07) is 13.0. The summed E-state index contributed by atoms with van der Waals surface area (Å²) in [7, 11) is 0. The molecule has 1 unspecified atom stereocenters. The minimum absolute atomic E-state index is 0.0178. The second kappa shape index (κ2) is 7.24. The van der Waals surface area contributed by atoms with Gasteiger partial charge in [-0.3, -0.25) is 0 Å². The molecule has 0 fully saturated rings. The third kappa shape index (κ3) is 3.83. The molecule has 0 aliphatic carbocycles. The normalized spacial score (nSPS) is 12.4. The van der Waals surface area contributed by atoms with Gasteiger partial charge in [-0.2, -0.15) is 0 Å². The molecule has 2 rings (SSSR count). The van der Waals surface area contributed by atoms with Gasteiger partial charge in [0.1, 0.15) is 5.82 Å². The van der Waals surface area contributed by atoms with E-state index in [1.165, 1.54) is 30.5 Å². The summed E-state index contributed by atoms with van der Waals surface area (Å²) < 4.78 is 13.1. The summed E-state index contributed by atoms with van der Waals surface area (Å²) in [6.07, 6.45) is 3.52. The van der Waals surface area contributed by atoms with E-state index in [2.05, 4.69) is 47.1 Å². The SMILES string of the molecule is CCCCc1ccc(C(Br)c2ccc(F)cc2Cl)cc1. The van der Waals surface area contributed by atoms with E-state index < -0.39 is 0 Å². The minimum Gasteiger partial charge on any atom is -0.207 e. The van der Waals surface area contributed by atoms with Gasteiger partial charge < -0.3 is 0 Å². The Morgan fingerprint density at radius 1 is 1.15 bits per heavy atom. The van der Waals surface area contributed by atoms with Crippen LogP contribution in [0.4, 0.5) is 4.39 Å². The van der Waals surface area contributed by atoms with Crippen LogP contribution in [0.25, 0.3) is 0 Å². The number of rotatable bonds is 5. The van der Waals surface area contributed by atoms with Gasteiger partial charge in [0.2, 0.25) is 0 Å². The van der Waals surface area contributed by atoms with Crippen LogP contribution in [0.1, 0.15) is 41.3 Å². The molecule has 0 saturated carbocycles. The smallest absolute Gasteiger partial charge is 0.124 e. The number of benzene rings is 2. The van der Waals surface area contributed by atoms with Gasteiger partial charge in [-0.05, 0) is 41.7 Å². The van der Waals surface area contributed by atoms with Crippen molar-refractivity contribution < 1.29 is 4.39 Å². The van der Waals surface area contributed by atoms with Crippen molar-refractivity contribution in [3.63, 3.8) is 0 Å². The van der Waals surface area contributed by atoms with Crippen molar-refractivity contribution in [1.29, 1.82) is 0 Å². The van der Waals surface area contributed by atoms with Crippen LogP contribution in [0.3, 0.4) is 0 Å². The maximum Gasteiger partial charge on any atom is 0.124 e. The molecule has 0 heterocycles. The summed E-state index contributed by atoms with van der Waals surface area (Å²) in [6.45, 7) is 2.19. The Kier molecular flexibility index (Phi) is 5.62. The Morgan fingerprint density at radius 3 is 2.45 bits per heavy atom. The zero-order chi connectivity index (χ0) is 14.5. The molecule has 3 heteroatoms. The van der Waals surface area contributed by atoms with Gasteiger partial charge in [-0.15, -0.1) is 0 Å². The molecule has 0 saturated heterocycles. The second-order valence-corrected chi connectivity index (χ2v) is 6.20. The highest BCUT2D eigenvalue weighted by Gasteiger charge is 2.14. The molecule has 0 bridgehead atoms. The summed E-state index contributed by atoms with van der Waals surface area (Å²) >= 11 is 9.74. The van der Waals surface area contributed by atoms with Crippen molar-refractivity contribution in [3.05, 3.63) is 70.0 Å². The van der Waals surface area contributed by atoms with Crippen molar-refractivity contribution in [2.24, 2.45) is 0 Å². The molecule has 2 aromatic rings.